The lowest BCUT2D eigenvalue weighted by molar-refractivity contribution is -0.118. The van der Waals surface area contributed by atoms with Crippen LogP contribution in [-0.2, 0) is 4.79 Å². The van der Waals surface area contributed by atoms with Crippen molar-refractivity contribution in [2.45, 2.75) is 6.92 Å². The Kier molecular flexibility index (Phi) is 6.47. The van der Waals surface area contributed by atoms with Crippen LogP contribution < -0.4 is 20.1 Å². The minimum Gasteiger partial charge on any atom is -0.491 e. The van der Waals surface area contributed by atoms with E-state index in [0.29, 0.717) is 23.7 Å². The van der Waals surface area contributed by atoms with E-state index in [2.05, 4.69) is 10.6 Å². The molecule has 2 N–H and O–H groups in total. The van der Waals surface area contributed by atoms with Crippen molar-refractivity contribution in [2.75, 3.05) is 23.8 Å². The monoisotopic (exact) mass is 398 g/mol. The van der Waals surface area contributed by atoms with Gasteiger partial charge in [-0.05, 0) is 43.3 Å². The van der Waals surface area contributed by atoms with Crippen molar-refractivity contribution in [3.63, 3.8) is 0 Å². The Morgan fingerprint density at radius 2 is 1.83 bits per heavy atom. The molecule has 2 aromatic carbocycles. The van der Waals surface area contributed by atoms with E-state index in [1.54, 1.807) is 43.3 Å². The van der Waals surface area contributed by atoms with Gasteiger partial charge in [-0.3, -0.25) is 9.59 Å². The summed E-state index contributed by atoms with van der Waals surface area (Å²) in [6.07, 6.45) is 1.41. The largest absolute Gasteiger partial charge is 0.491 e. The van der Waals surface area contributed by atoms with Crippen LogP contribution in [0.25, 0.3) is 0 Å². The quantitative estimate of drug-likeness (QED) is 0.597. The number of hydrogen-bond donors (Lipinski definition) is 2. The van der Waals surface area contributed by atoms with Crippen LogP contribution in [0.2, 0.25) is 0 Å². The van der Waals surface area contributed by atoms with E-state index in [-0.39, 0.29) is 18.1 Å². The number of carbonyl (C=O) groups excluding carboxylic acids is 2. The number of nitrogens with one attached hydrogen (secondary N) is 2. The first-order valence-corrected chi connectivity index (χ1v) is 8.85. The zero-order valence-electron chi connectivity index (χ0n) is 15.6. The Bertz CT molecular complexity index is 988. The predicted molar refractivity (Wildman–Crippen MR) is 105 cm³/mol. The average Bonchev–Trinajstić information content (AvgIpc) is 3.24. The molecule has 0 saturated carbocycles. The maximum atomic E-state index is 13.8. The van der Waals surface area contributed by atoms with Crippen molar-refractivity contribution in [3.8, 4) is 11.5 Å². The topological polar surface area (TPSA) is 89.8 Å². The average molecular weight is 398 g/mol. The summed E-state index contributed by atoms with van der Waals surface area (Å²) in [5.74, 6) is -0.740. The number of furan rings is 1. The molecule has 0 aliphatic carbocycles. The van der Waals surface area contributed by atoms with Gasteiger partial charge in [-0.2, -0.15) is 0 Å². The van der Waals surface area contributed by atoms with E-state index in [0.717, 1.165) is 0 Å². The number of anilines is 2. The Labute approximate surface area is 166 Å². The lowest BCUT2D eigenvalue weighted by atomic mass is 10.3. The minimum atomic E-state index is -0.564. The van der Waals surface area contributed by atoms with Crippen LogP contribution in [0.5, 0.6) is 11.5 Å². The van der Waals surface area contributed by atoms with Gasteiger partial charge in [0, 0.05) is 23.5 Å². The molecule has 0 aliphatic heterocycles. The van der Waals surface area contributed by atoms with Crippen molar-refractivity contribution in [2.24, 2.45) is 0 Å². The molecule has 3 aromatic rings. The van der Waals surface area contributed by atoms with Crippen molar-refractivity contribution in [3.05, 3.63) is 72.4 Å². The SMILES string of the molecule is CCOc1ccc(NC(=O)COc2cccc(NC(=O)c3ccco3)c2)cc1F. The summed E-state index contributed by atoms with van der Waals surface area (Å²) in [4.78, 5) is 24.1. The zero-order chi connectivity index (χ0) is 20.6. The molecule has 0 radical (unpaired) electrons. The first-order chi connectivity index (χ1) is 14.0. The van der Waals surface area contributed by atoms with Gasteiger partial charge in [-0.1, -0.05) is 6.07 Å². The van der Waals surface area contributed by atoms with Gasteiger partial charge in [0.2, 0.25) is 0 Å². The molecule has 8 heteroatoms. The van der Waals surface area contributed by atoms with E-state index in [1.807, 2.05) is 0 Å². The van der Waals surface area contributed by atoms with E-state index in [9.17, 15) is 14.0 Å². The van der Waals surface area contributed by atoms with Gasteiger partial charge in [0.1, 0.15) is 5.75 Å². The third kappa shape index (κ3) is 5.58. The van der Waals surface area contributed by atoms with E-state index >= 15 is 0 Å². The first-order valence-electron chi connectivity index (χ1n) is 8.85. The molecular formula is C21H19FN2O5. The van der Waals surface area contributed by atoms with Gasteiger partial charge in [-0.25, -0.2) is 4.39 Å². The molecule has 0 aliphatic rings. The number of hydrogen-bond acceptors (Lipinski definition) is 5. The maximum Gasteiger partial charge on any atom is 0.291 e. The molecular weight excluding hydrogens is 379 g/mol. The highest BCUT2D eigenvalue weighted by Crippen LogP contribution is 2.21. The van der Waals surface area contributed by atoms with Crippen molar-refractivity contribution in [1.82, 2.24) is 0 Å². The summed E-state index contributed by atoms with van der Waals surface area (Å²) in [6, 6.07) is 13.9. The number of carbonyl (C=O) groups is 2. The molecule has 0 bridgehead atoms. The Morgan fingerprint density at radius 3 is 2.55 bits per heavy atom. The van der Waals surface area contributed by atoms with Crippen LogP contribution in [-0.4, -0.2) is 25.0 Å². The van der Waals surface area contributed by atoms with Crippen LogP contribution in [0.3, 0.4) is 0 Å². The van der Waals surface area contributed by atoms with Crippen LogP contribution in [0.15, 0.2) is 65.3 Å². The molecule has 2 amide bonds. The normalized spacial score (nSPS) is 10.3. The zero-order valence-corrected chi connectivity index (χ0v) is 15.6. The summed E-state index contributed by atoms with van der Waals surface area (Å²) in [7, 11) is 0. The Balaban J connectivity index is 1.53. The highest BCUT2D eigenvalue weighted by molar-refractivity contribution is 6.02. The van der Waals surface area contributed by atoms with Gasteiger partial charge in [0.25, 0.3) is 11.8 Å². The van der Waals surface area contributed by atoms with Gasteiger partial charge in [-0.15, -0.1) is 0 Å². The third-order valence-electron chi connectivity index (χ3n) is 3.72. The molecule has 1 heterocycles. The van der Waals surface area contributed by atoms with Crippen molar-refractivity contribution >= 4 is 23.2 Å². The van der Waals surface area contributed by atoms with E-state index in [1.165, 1.54) is 24.5 Å². The van der Waals surface area contributed by atoms with Gasteiger partial charge < -0.3 is 24.5 Å². The third-order valence-corrected chi connectivity index (χ3v) is 3.72. The van der Waals surface area contributed by atoms with Gasteiger partial charge in [0.05, 0.1) is 12.9 Å². The van der Waals surface area contributed by atoms with Crippen LogP contribution in [0, 0.1) is 5.82 Å². The molecule has 150 valence electrons. The molecule has 0 unspecified atom stereocenters. The standard InChI is InChI=1S/C21H19FN2O5/c1-2-27-18-9-8-15(12-17(18)22)23-20(25)13-29-16-6-3-5-14(11-16)24-21(26)19-7-4-10-28-19/h3-12H,2,13H2,1H3,(H,23,25)(H,24,26). The van der Waals surface area contributed by atoms with E-state index in [4.69, 9.17) is 13.9 Å². The van der Waals surface area contributed by atoms with E-state index < -0.39 is 17.6 Å². The minimum absolute atomic E-state index is 0.121. The molecule has 7 nitrogen and oxygen atoms in total. The smallest absolute Gasteiger partial charge is 0.291 e. The number of ether oxygens (including phenoxy) is 2. The Morgan fingerprint density at radius 1 is 1.00 bits per heavy atom. The second-order valence-corrected chi connectivity index (χ2v) is 5.87. The lowest BCUT2D eigenvalue weighted by Crippen LogP contribution is -2.20. The van der Waals surface area contributed by atoms with Crippen molar-refractivity contribution in [1.29, 1.82) is 0 Å². The summed E-state index contributed by atoms with van der Waals surface area (Å²) < 4.78 is 29.4. The molecule has 1 aromatic heterocycles. The van der Waals surface area contributed by atoms with Gasteiger partial charge in [0.15, 0.2) is 23.9 Å². The summed E-state index contributed by atoms with van der Waals surface area (Å²) in [6.45, 7) is 1.81. The second kappa shape index (κ2) is 9.41. The lowest BCUT2D eigenvalue weighted by Gasteiger charge is -2.10. The van der Waals surface area contributed by atoms with Gasteiger partial charge >= 0.3 is 0 Å². The summed E-state index contributed by atoms with van der Waals surface area (Å²) in [5, 5.41) is 5.21. The fraction of sp³-hybridized carbons (Fsp3) is 0.143. The molecule has 3 rings (SSSR count). The fourth-order valence-corrected chi connectivity index (χ4v) is 2.46. The molecule has 0 saturated heterocycles. The number of benzene rings is 2. The maximum absolute atomic E-state index is 13.8. The fourth-order valence-electron chi connectivity index (χ4n) is 2.46. The highest BCUT2D eigenvalue weighted by Gasteiger charge is 2.10. The highest BCUT2D eigenvalue weighted by atomic mass is 19.1. The van der Waals surface area contributed by atoms with Crippen LogP contribution >= 0.6 is 0 Å². The first kappa shape index (κ1) is 19.9. The molecule has 0 fully saturated rings. The summed E-state index contributed by atoms with van der Waals surface area (Å²) >= 11 is 0. The molecule has 0 spiro atoms. The van der Waals surface area contributed by atoms with Crippen LogP contribution in [0.4, 0.5) is 15.8 Å². The number of rotatable bonds is 8. The Hall–Kier alpha value is -3.81. The predicted octanol–water partition coefficient (Wildman–Crippen LogP) is 4.09. The molecule has 29 heavy (non-hydrogen) atoms. The van der Waals surface area contributed by atoms with Crippen LogP contribution in [0.1, 0.15) is 17.5 Å². The summed E-state index contributed by atoms with van der Waals surface area (Å²) in [5.41, 5.74) is 0.775. The second-order valence-electron chi connectivity index (χ2n) is 5.87. The van der Waals surface area contributed by atoms with Crippen molar-refractivity contribution < 1.29 is 27.9 Å². The number of halogens is 1. The molecule has 0 atom stereocenters. The number of amides is 2.